The Bertz CT molecular complexity index is 1340. The van der Waals surface area contributed by atoms with E-state index >= 15 is 0 Å². The van der Waals surface area contributed by atoms with E-state index in [2.05, 4.69) is 10.6 Å². The lowest BCUT2D eigenvalue weighted by Gasteiger charge is -2.22. The summed E-state index contributed by atoms with van der Waals surface area (Å²) in [5.74, 6) is -1.15. The molecule has 41 heavy (non-hydrogen) atoms. The van der Waals surface area contributed by atoms with Crippen LogP contribution in [0.3, 0.4) is 0 Å². The van der Waals surface area contributed by atoms with Crippen LogP contribution in [-0.4, -0.2) is 53.4 Å². The fraction of sp³-hybridized carbons (Fsp3) is 0.419. The molecule has 0 aliphatic heterocycles. The summed E-state index contributed by atoms with van der Waals surface area (Å²) in [4.78, 5) is 51.7. The number of carbonyl (C=O) groups is 4. The molecular weight excluding hydrogens is 526 g/mol. The quantitative estimate of drug-likeness (QED) is 0.244. The molecule has 1 heterocycles. The van der Waals surface area contributed by atoms with Crippen LogP contribution >= 0.6 is 0 Å². The highest BCUT2D eigenvalue weighted by molar-refractivity contribution is 5.94. The van der Waals surface area contributed by atoms with Crippen LogP contribution in [0.15, 0.2) is 60.8 Å². The maximum absolute atomic E-state index is 13.5. The van der Waals surface area contributed by atoms with Crippen molar-refractivity contribution in [2.75, 3.05) is 7.11 Å². The number of aromatic nitrogens is 1. The van der Waals surface area contributed by atoms with E-state index < -0.39 is 41.7 Å². The van der Waals surface area contributed by atoms with E-state index in [-0.39, 0.29) is 13.0 Å². The first-order chi connectivity index (χ1) is 19.5. The summed E-state index contributed by atoms with van der Waals surface area (Å²) in [7, 11) is 1.26. The highest BCUT2D eigenvalue weighted by atomic mass is 16.6. The fourth-order valence-electron chi connectivity index (χ4n) is 4.28. The molecule has 0 saturated carbocycles. The van der Waals surface area contributed by atoms with Crippen LogP contribution in [0, 0.1) is 0 Å². The SMILES string of the molecule is CCCCC(NC(=O)C(Cc1cn(C(=O)OC(C)(C)C)c2ccccc12)NC(=O)OCc1ccccc1)C(=O)OC. The molecule has 220 valence electrons. The number of amides is 2. The molecule has 0 radical (unpaired) electrons. The first-order valence-electron chi connectivity index (χ1n) is 13.7. The minimum atomic E-state index is -1.12. The minimum absolute atomic E-state index is 0.0141. The molecule has 0 bridgehead atoms. The van der Waals surface area contributed by atoms with Crippen molar-refractivity contribution in [3.8, 4) is 0 Å². The second-order valence-corrected chi connectivity index (χ2v) is 10.7. The molecule has 10 heteroatoms. The maximum Gasteiger partial charge on any atom is 0.419 e. The Morgan fingerprint density at radius 2 is 1.61 bits per heavy atom. The number of ether oxygens (including phenoxy) is 3. The molecule has 2 amide bonds. The molecule has 10 nitrogen and oxygen atoms in total. The lowest BCUT2D eigenvalue weighted by atomic mass is 10.0. The largest absolute Gasteiger partial charge is 0.467 e. The van der Waals surface area contributed by atoms with Crippen LogP contribution in [0.25, 0.3) is 10.9 Å². The van der Waals surface area contributed by atoms with Crippen molar-refractivity contribution in [2.24, 2.45) is 0 Å². The third-order valence-corrected chi connectivity index (χ3v) is 6.28. The number of benzene rings is 2. The Morgan fingerprint density at radius 1 is 0.927 bits per heavy atom. The maximum atomic E-state index is 13.5. The highest BCUT2D eigenvalue weighted by Gasteiger charge is 2.29. The van der Waals surface area contributed by atoms with Crippen LogP contribution in [0.2, 0.25) is 0 Å². The Balaban J connectivity index is 1.89. The first-order valence-corrected chi connectivity index (χ1v) is 13.7. The molecule has 2 aromatic carbocycles. The normalized spacial score (nSPS) is 12.7. The Morgan fingerprint density at radius 3 is 2.27 bits per heavy atom. The van der Waals surface area contributed by atoms with Gasteiger partial charge in [0.15, 0.2) is 0 Å². The summed E-state index contributed by atoms with van der Waals surface area (Å²) in [5, 5.41) is 6.09. The highest BCUT2D eigenvalue weighted by Crippen LogP contribution is 2.24. The lowest BCUT2D eigenvalue weighted by Crippen LogP contribution is -2.52. The van der Waals surface area contributed by atoms with Gasteiger partial charge in [0, 0.05) is 18.0 Å². The van der Waals surface area contributed by atoms with Crippen molar-refractivity contribution >= 4 is 35.0 Å². The first kappa shape index (κ1) is 31.2. The Labute approximate surface area is 240 Å². The molecule has 2 unspecified atom stereocenters. The number of esters is 1. The smallest absolute Gasteiger partial charge is 0.419 e. The Kier molecular flexibility index (Phi) is 10.9. The standard InChI is InChI=1S/C31H39N3O7/c1-6-7-16-24(28(36)39-5)32-27(35)25(33-29(37)40-20-21-13-9-8-10-14-21)18-22-19-34(30(38)41-31(2,3)4)26-17-12-11-15-23(22)26/h8-15,17,19,24-25H,6-7,16,18,20H2,1-5H3,(H,32,35)(H,33,37). The van der Waals surface area contributed by atoms with Gasteiger partial charge in [-0.15, -0.1) is 0 Å². The summed E-state index contributed by atoms with van der Waals surface area (Å²) in [6.07, 6.45) is 2.16. The summed E-state index contributed by atoms with van der Waals surface area (Å²) in [6.45, 7) is 7.32. The molecule has 0 aliphatic carbocycles. The molecule has 0 saturated heterocycles. The average Bonchev–Trinajstić information content (AvgIpc) is 3.31. The molecule has 0 spiro atoms. The number of nitrogens with one attached hydrogen (secondary N) is 2. The number of para-hydroxylation sites is 1. The summed E-state index contributed by atoms with van der Waals surface area (Å²) < 4.78 is 17.2. The molecule has 0 aliphatic rings. The topological polar surface area (TPSA) is 125 Å². The summed E-state index contributed by atoms with van der Waals surface area (Å²) >= 11 is 0. The van der Waals surface area contributed by atoms with E-state index in [1.54, 1.807) is 39.1 Å². The van der Waals surface area contributed by atoms with Gasteiger partial charge in [0.1, 0.15) is 24.3 Å². The number of carbonyl (C=O) groups excluding carboxylic acids is 4. The van der Waals surface area contributed by atoms with Crippen molar-refractivity contribution in [2.45, 2.75) is 77.7 Å². The van der Waals surface area contributed by atoms with Crippen molar-refractivity contribution < 1.29 is 33.4 Å². The van der Waals surface area contributed by atoms with E-state index in [0.29, 0.717) is 29.3 Å². The van der Waals surface area contributed by atoms with Gasteiger partial charge >= 0.3 is 18.2 Å². The van der Waals surface area contributed by atoms with Crippen LogP contribution in [0.1, 0.15) is 58.1 Å². The zero-order valence-electron chi connectivity index (χ0n) is 24.3. The third kappa shape index (κ3) is 9.09. The number of rotatable bonds is 11. The van der Waals surface area contributed by atoms with Gasteiger partial charge in [0.05, 0.1) is 12.6 Å². The van der Waals surface area contributed by atoms with Crippen molar-refractivity contribution in [3.05, 3.63) is 71.9 Å². The molecule has 1 aromatic heterocycles. The van der Waals surface area contributed by atoms with Gasteiger partial charge in [-0.1, -0.05) is 68.3 Å². The van der Waals surface area contributed by atoms with Gasteiger partial charge in [-0.05, 0) is 44.4 Å². The molecule has 2 atom stereocenters. The lowest BCUT2D eigenvalue weighted by molar-refractivity contribution is -0.145. The van der Waals surface area contributed by atoms with E-state index in [1.165, 1.54) is 11.7 Å². The number of hydrogen-bond acceptors (Lipinski definition) is 7. The van der Waals surface area contributed by atoms with Crippen molar-refractivity contribution in [1.82, 2.24) is 15.2 Å². The Hall–Kier alpha value is -4.34. The summed E-state index contributed by atoms with van der Waals surface area (Å²) in [6, 6.07) is 14.4. The number of fused-ring (bicyclic) bond motifs is 1. The molecule has 3 aromatic rings. The fourth-order valence-corrected chi connectivity index (χ4v) is 4.28. The van der Waals surface area contributed by atoms with Crippen LogP contribution in [0.5, 0.6) is 0 Å². The predicted octanol–water partition coefficient (Wildman–Crippen LogP) is 5.11. The van der Waals surface area contributed by atoms with Crippen molar-refractivity contribution in [1.29, 1.82) is 0 Å². The second-order valence-electron chi connectivity index (χ2n) is 10.7. The van der Waals surface area contributed by atoms with E-state index in [9.17, 15) is 19.2 Å². The number of hydrogen-bond donors (Lipinski definition) is 2. The monoisotopic (exact) mass is 565 g/mol. The van der Waals surface area contributed by atoms with E-state index in [0.717, 1.165) is 12.0 Å². The zero-order valence-corrected chi connectivity index (χ0v) is 24.3. The van der Waals surface area contributed by atoms with Gasteiger partial charge in [0.25, 0.3) is 0 Å². The number of unbranched alkanes of at least 4 members (excludes halogenated alkanes) is 1. The van der Waals surface area contributed by atoms with Gasteiger partial charge in [-0.25, -0.2) is 14.4 Å². The summed E-state index contributed by atoms with van der Waals surface area (Å²) in [5.41, 5.74) is 1.29. The van der Waals surface area contributed by atoms with Gasteiger partial charge in [-0.2, -0.15) is 0 Å². The number of nitrogens with zero attached hydrogens (tertiary/aromatic N) is 1. The molecular formula is C31H39N3O7. The van der Waals surface area contributed by atoms with Crippen molar-refractivity contribution in [3.63, 3.8) is 0 Å². The van der Waals surface area contributed by atoms with E-state index in [4.69, 9.17) is 14.2 Å². The van der Waals surface area contributed by atoms with Crippen LogP contribution in [0.4, 0.5) is 9.59 Å². The third-order valence-electron chi connectivity index (χ3n) is 6.28. The van der Waals surface area contributed by atoms with Gasteiger partial charge in [-0.3, -0.25) is 9.36 Å². The number of alkyl carbamates (subject to hydrolysis) is 1. The molecule has 2 N–H and O–H groups in total. The average molecular weight is 566 g/mol. The van der Waals surface area contributed by atoms with Crippen LogP contribution < -0.4 is 10.6 Å². The molecule has 3 rings (SSSR count). The predicted molar refractivity (Wildman–Crippen MR) is 154 cm³/mol. The zero-order chi connectivity index (χ0) is 30.0. The van der Waals surface area contributed by atoms with Gasteiger partial charge < -0.3 is 24.8 Å². The second kappa shape index (κ2) is 14.3. The minimum Gasteiger partial charge on any atom is -0.467 e. The van der Waals surface area contributed by atoms with Crippen LogP contribution in [-0.2, 0) is 36.8 Å². The molecule has 0 fully saturated rings. The van der Waals surface area contributed by atoms with Gasteiger partial charge in [0.2, 0.25) is 5.91 Å². The number of methoxy groups -OCH3 is 1. The van der Waals surface area contributed by atoms with E-state index in [1.807, 2.05) is 49.4 Å².